The van der Waals surface area contributed by atoms with E-state index >= 15 is 19.2 Å². The third-order valence-corrected chi connectivity index (χ3v) is 17.7. The molecule has 76 heavy (non-hydrogen) atoms. The average molecular weight is 1020 g/mol. The highest BCUT2D eigenvalue weighted by molar-refractivity contribution is 6.55. The highest BCUT2D eigenvalue weighted by Gasteiger charge is 2.36. The number of hydrogen-bond acceptors (Lipinski definition) is 8. The van der Waals surface area contributed by atoms with Gasteiger partial charge in [-0.25, -0.2) is 19.2 Å². The molecule has 0 bridgehead atoms. The number of esters is 4. The van der Waals surface area contributed by atoms with Crippen LogP contribution in [0.3, 0.4) is 0 Å². The van der Waals surface area contributed by atoms with Crippen molar-refractivity contribution in [1.29, 1.82) is 0 Å². The number of benzene rings is 10. The zero-order valence-electron chi connectivity index (χ0n) is 46.5. The van der Waals surface area contributed by atoms with Gasteiger partial charge >= 0.3 is 23.9 Å². The summed E-state index contributed by atoms with van der Waals surface area (Å²) in [6, 6.07) is 20.8. The Morgan fingerprint density at radius 3 is 0.737 bits per heavy atom. The molecule has 0 saturated heterocycles. The number of hydrogen-bond donors (Lipinski definition) is 0. The van der Waals surface area contributed by atoms with E-state index < -0.39 is 23.9 Å². The number of carbonyl (C=O) groups excluding carboxylic acids is 4. The van der Waals surface area contributed by atoms with Gasteiger partial charge in [-0.2, -0.15) is 0 Å². The van der Waals surface area contributed by atoms with Crippen LogP contribution in [0, 0.1) is 23.7 Å². The summed E-state index contributed by atoms with van der Waals surface area (Å²) >= 11 is 0. The van der Waals surface area contributed by atoms with E-state index in [2.05, 4.69) is 91.8 Å². The van der Waals surface area contributed by atoms with E-state index in [4.69, 9.17) is 18.9 Å². The molecule has 0 radical (unpaired) electrons. The maximum atomic E-state index is 15.1. The summed E-state index contributed by atoms with van der Waals surface area (Å²) in [6.45, 7) is 18.3. The Balaban J connectivity index is 1.28. The van der Waals surface area contributed by atoms with Crippen molar-refractivity contribution in [2.24, 2.45) is 23.7 Å². The van der Waals surface area contributed by atoms with Crippen molar-refractivity contribution in [1.82, 2.24) is 0 Å². The van der Waals surface area contributed by atoms with Crippen LogP contribution in [0.15, 0.2) is 60.7 Å². The second-order valence-corrected chi connectivity index (χ2v) is 22.4. The van der Waals surface area contributed by atoms with Gasteiger partial charge in [0, 0.05) is 0 Å². The van der Waals surface area contributed by atoms with Crippen LogP contribution >= 0.6 is 0 Å². The van der Waals surface area contributed by atoms with E-state index in [0.717, 1.165) is 178 Å². The Hall–Kier alpha value is -6.28. The summed E-state index contributed by atoms with van der Waals surface area (Å²) in [6.07, 6.45) is 15.7. The van der Waals surface area contributed by atoms with E-state index in [1.54, 1.807) is 0 Å². The van der Waals surface area contributed by atoms with E-state index in [0.29, 0.717) is 21.5 Å². The molecule has 0 N–H and O–H groups in total. The Morgan fingerprint density at radius 2 is 0.539 bits per heavy atom. The second-order valence-electron chi connectivity index (χ2n) is 22.4. The van der Waals surface area contributed by atoms with Gasteiger partial charge in [-0.05, 0) is 158 Å². The summed E-state index contributed by atoms with van der Waals surface area (Å²) in [5.74, 6) is -1.30. The summed E-state index contributed by atoms with van der Waals surface area (Å²) < 4.78 is 25.4. The van der Waals surface area contributed by atoms with Gasteiger partial charge in [0.1, 0.15) is 0 Å². The van der Waals surface area contributed by atoms with Crippen LogP contribution in [0.2, 0.25) is 0 Å². The monoisotopic (exact) mass is 1020 g/mol. The molecule has 4 unspecified atom stereocenters. The molecule has 10 rings (SSSR count). The molecule has 4 atom stereocenters. The van der Waals surface area contributed by atoms with E-state index in [-0.39, 0.29) is 72.4 Å². The first-order chi connectivity index (χ1) is 37.1. The Kier molecular flexibility index (Phi) is 15.9. The van der Waals surface area contributed by atoms with Crippen molar-refractivity contribution in [3.05, 3.63) is 82.9 Å². The number of unbranched alkanes of at least 4 members (excludes halogenated alkanes) is 4. The number of ether oxygens (including phenoxy) is 4. The van der Waals surface area contributed by atoms with Crippen molar-refractivity contribution in [3.63, 3.8) is 0 Å². The smallest absolute Gasteiger partial charge is 0.339 e. The summed E-state index contributed by atoms with van der Waals surface area (Å²) in [4.78, 5) is 60.5. The average Bonchev–Trinajstić information content (AvgIpc) is 3.64. The van der Waals surface area contributed by atoms with Gasteiger partial charge in [0.05, 0.1) is 48.7 Å². The molecule has 0 aliphatic heterocycles. The third kappa shape index (κ3) is 9.13. The summed E-state index contributed by atoms with van der Waals surface area (Å²) in [7, 11) is 0. The summed E-state index contributed by atoms with van der Waals surface area (Å²) in [5.41, 5.74) is 0.969. The fourth-order valence-corrected chi connectivity index (χ4v) is 13.0. The maximum absolute atomic E-state index is 15.1. The van der Waals surface area contributed by atoms with E-state index in [9.17, 15) is 0 Å². The highest BCUT2D eigenvalue weighted by Crippen LogP contribution is 2.57. The zero-order chi connectivity index (χ0) is 53.4. The van der Waals surface area contributed by atoms with Crippen LogP contribution in [0.25, 0.3) is 97.0 Å². The van der Waals surface area contributed by atoms with Gasteiger partial charge in [-0.15, -0.1) is 0 Å². The number of carbonyl (C=O) groups is 4. The molecule has 0 aliphatic carbocycles. The first-order valence-electron chi connectivity index (χ1n) is 29.4. The minimum Gasteiger partial charge on any atom is -0.462 e. The lowest BCUT2D eigenvalue weighted by Gasteiger charge is -2.28. The Labute approximate surface area is 448 Å². The van der Waals surface area contributed by atoms with Crippen LogP contribution < -0.4 is 0 Å². The molecule has 8 nitrogen and oxygen atoms in total. The standard InChI is InChI=1S/C68H78O8/c1-9-17-21-39(13-5)35-73-65(69)59-47-29-25-43-33-45-27-31-49-57-53(45)63-51(43)55(47)56-48(60(59)66(70)74-36-40(14-6)22-18-10-2)30-26-44-34-46-28-32-50(58(57)54(46)64(63)52(44)56)62(68(72)76-38-42(16-8)24-20-12-4)61(49)67(71)75-37-41(15-7)23-19-11-3/h25-34,39-42H,9-24,35-38H2,1-8H3. The molecule has 0 heterocycles. The summed E-state index contributed by atoms with van der Waals surface area (Å²) in [5, 5.41) is 16.2. The van der Waals surface area contributed by atoms with Crippen molar-refractivity contribution in [2.75, 3.05) is 26.4 Å². The van der Waals surface area contributed by atoms with Crippen molar-refractivity contribution < 1.29 is 38.1 Å². The lowest BCUT2D eigenvalue weighted by Crippen LogP contribution is -2.21. The largest absolute Gasteiger partial charge is 0.462 e. The van der Waals surface area contributed by atoms with Crippen molar-refractivity contribution >= 4 is 121 Å². The van der Waals surface area contributed by atoms with Gasteiger partial charge in [-0.1, -0.05) is 181 Å². The van der Waals surface area contributed by atoms with Crippen molar-refractivity contribution in [2.45, 2.75) is 158 Å². The predicted octanol–water partition coefficient (Wildman–Crippen LogP) is 18.7. The lowest BCUT2D eigenvalue weighted by molar-refractivity contribution is 0.0385. The fourth-order valence-electron chi connectivity index (χ4n) is 13.0. The molecule has 0 spiro atoms. The van der Waals surface area contributed by atoms with E-state index in [1.807, 2.05) is 24.3 Å². The molecular formula is C68H78O8. The van der Waals surface area contributed by atoms with Crippen LogP contribution in [0.1, 0.15) is 200 Å². The molecule has 8 heteroatoms. The Bertz CT molecular complexity index is 3190. The van der Waals surface area contributed by atoms with Gasteiger partial charge in [-0.3, -0.25) is 0 Å². The van der Waals surface area contributed by atoms with Gasteiger partial charge in [0.25, 0.3) is 0 Å². The molecule has 0 fully saturated rings. The van der Waals surface area contributed by atoms with Crippen molar-refractivity contribution in [3.8, 4) is 0 Å². The first-order valence-corrected chi connectivity index (χ1v) is 29.4. The minimum atomic E-state index is -0.521. The molecule has 0 saturated carbocycles. The fraction of sp³-hybridized carbons (Fsp3) is 0.471. The molecule has 0 aromatic heterocycles. The SMILES string of the molecule is CCCCC(CC)COC(=O)c1c(C(=O)OCC(CC)CCCC)c2ccc3cc4ccc5c(C(=O)OCC(CC)CCCC)c(C(=O)OCC(CC)CCCC)c6ccc7cc8ccc1c1c8c8c7c6c5c4c8c3c21. The van der Waals surface area contributed by atoms with E-state index in [1.165, 1.54) is 0 Å². The van der Waals surface area contributed by atoms with Gasteiger partial charge < -0.3 is 18.9 Å². The lowest BCUT2D eigenvalue weighted by atomic mass is 9.75. The normalized spacial score (nSPS) is 14.1. The molecule has 10 aromatic carbocycles. The van der Waals surface area contributed by atoms with Crippen LogP contribution in [0.4, 0.5) is 0 Å². The van der Waals surface area contributed by atoms with Crippen LogP contribution in [-0.4, -0.2) is 50.3 Å². The van der Waals surface area contributed by atoms with Gasteiger partial charge in [0.2, 0.25) is 0 Å². The minimum absolute atomic E-state index is 0.197. The zero-order valence-corrected chi connectivity index (χ0v) is 46.5. The van der Waals surface area contributed by atoms with Crippen LogP contribution in [0.5, 0.6) is 0 Å². The molecule has 0 amide bonds. The molecule has 0 aliphatic rings. The third-order valence-electron chi connectivity index (χ3n) is 17.7. The molecular weight excluding hydrogens is 945 g/mol. The predicted molar refractivity (Wildman–Crippen MR) is 314 cm³/mol. The first kappa shape index (κ1) is 53.1. The Morgan fingerprint density at radius 1 is 0.316 bits per heavy atom. The van der Waals surface area contributed by atoms with Crippen LogP contribution in [-0.2, 0) is 18.9 Å². The molecule has 398 valence electrons. The second kappa shape index (κ2) is 22.7. The topological polar surface area (TPSA) is 105 Å². The highest BCUT2D eigenvalue weighted by atomic mass is 16.5. The maximum Gasteiger partial charge on any atom is 0.339 e. The van der Waals surface area contributed by atoms with Gasteiger partial charge in [0.15, 0.2) is 0 Å². The molecule has 10 aromatic rings. The quantitative estimate of drug-likeness (QED) is 0.0207. The number of rotatable bonds is 28.